The third-order valence-corrected chi connectivity index (χ3v) is 5.72. The molecule has 0 radical (unpaired) electrons. The number of benzene rings is 1. The van der Waals surface area contributed by atoms with Crippen LogP contribution in [0.4, 0.5) is 5.69 Å². The van der Waals surface area contributed by atoms with Gasteiger partial charge in [-0.1, -0.05) is 24.3 Å². The van der Waals surface area contributed by atoms with Crippen molar-refractivity contribution in [3.8, 4) is 5.88 Å². The highest BCUT2D eigenvalue weighted by Crippen LogP contribution is 2.23. The number of nitrogens with zero attached hydrogens (tertiary/aromatic N) is 3. The lowest BCUT2D eigenvalue weighted by molar-refractivity contribution is 0.201. The summed E-state index contributed by atoms with van der Waals surface area (Å²) in [6.45, 7) is 2.73. The third kappa shape index (κ3) is 6.23. The number of hydrogen-bond acceptors (Lipinski definition) is 4. The standard InChI is InChI=1S/C23H31N5O.HI/c1-24-23(27-19-13-14-28(17-19)20-7-3-2-4-8-20)26-16-18-11-12-22(25-15-18)29-21-9-5-6-10-21;/h2-4,7-8,11-12,15,19,21H,5-6,9-10,13-14,16-17H2,1H3,(H2,24,26,27);1H. The zero-order valence-corrected chi connectivity index (χ0v) is 19.9. The van der Waals surface area contributed by atoms with Crippen LogP contribution in [0.15, 0.2) is 53.7 Å². The summed E-state index contributed by atoms with van der Waals surface area (Å²) in [4.78, 5) is 11.3. The maximum atomic E-state index is 5.94. The molecule has 1 saturated heterocycles. The molecule has 1 saturated carbocycles. The van der Waals surface area contributed by atoms with Crippen LogP contribution in [0.5, 0.6) is 5.88 Å². The van der Waals surface area contributed by atoms with Gasteiger partial charge in [0.2, 0.25) is 5.88 Å². The number of anilines is 1. The fourth-order valence-electron chi connectivity index (χ4n) is 4.09. The number of aliphatic imine (C=N–C) groups is 1. The van der Waals surface area contributed by atoms with Gasteiger partial charge in [0.05, 0.1) is 0 Å². The van der Waals surface area contributed by atoms with Gasteiger partial charge in [-0.05, 0) is 49.8 Å². The lowest BCUT2D eigenvalue weighted by Crippen LogP contribution is -2.44. The van der Waals surface area contributed by atoms with Gasteiger partial charge >= 0.3 is 0 Å². The Kier molecular flexibility index (Phi) is 8.60. The maximum Gasteiger partial charge on any atom is 0.213 e. The summed E-state index contributed by atoms with van der Waals surface area (Å²) in [7, 11) is 1.82. The van der Waals surface area contributed by atoms with Crippen molar-refractivity contribution in [3.05, 3.63) is 54.2 Å². The van der Waals surface area contributed by atoms with E-state index in [1.807, 2.05) is 19.3 Å². The number of para-hydroxylation sites is 1. The molecule has 2 fully saturated rings. The van der Waals surface area contributed by atoms with Gasteiger partial charge in [0, 0.05) is 50.7 Å². The lowest BCUT2D eigenvalue weighted by atomic mass is 10.2. The zero-order valence-electron chi connectivity index (χ0n) is 17.6. The minimum absolute atomic E-state index is 0. The first-order chi connectivity index (χ1) is 14.3. The van der Waals surface area contributed by atoms with E-state index in [4.69, 9.17) is 4.74 Å². The van der Waals surface area contributed by atoms with Gasteiger partial charge in [-0.15, -0.1) is 24.0 Å². The molecular formula is C23H32IN5O. The van der Waals surface area contributed by atoms with Crippen LogP contribution in [0.2, 0.25) is 0 Å². The molecule has 1 atom stereocenters. The molecule has 1 aromatic heterocycles. The second kappa shape index (κ2) is 11.4. The van der Waals surface area contributed by atoms with Crippen LogP contribution in [-0.2, 0) is 6.54 Å². The first-order valence-electron chi connectivity index (χ1n) is 10.7. The first-order valence-corrected chi connectivity index (χ1v) is 10.7. The van der Waals surface area contributed by atoms with Crippen LogP contribution < -0.4 is 20.3 Å². The van der Waals surface area contributed by atoms with E-state index in [-0.39, 0.29) is 24.0 Å². The average Bonchev–Trinajstić information content (AvgIpc) is 3.45. The molecule has 2 N–H and O–H groups in total. The second-order valence-electron chi connectivity index (χ2n) is 7.87. The van der Waals surface area contributed by atoms with Crippen LogP contribution in [0.3, 0.4) is 0 Å². The van der Waals surface area contributed by atoms with Crippen LogP contribution in [0.25, 0.3) is 0 Å². The molecule has 7 heteroatoms. The molecule has 1 aliphatic carbocycles. The molecule has 0 spiro atoms. The monoisotopic (exact) mass is 521 g/mol. The quantitative estimate of drug-likeness (QED) is 0.343. The minimum Gasteiger partial charge on any atom is -0.474 e. The van der Waals surface area contributed by atoms with E-state index in [1.165, 1.54) is 18.5 Å². The summed E-state index contributed by atoms with van der Waals surface area (Å²) in [5.74, 6) is 1.56. The van der Waals surface area contributed by atoms with Crippen molar-refractivity contribution in [3.63, 3.8) is 0 Å². The Labute approximate surface area is 196 Å². The van der Waals surface area contributed by atoms with Crippen LogP contribution >= 0.6 is 24.0 Å². The van der Waals surface area contributed by atoms with Gasteiger partial charge in [-0.2, -0.15) is 0 Å². The Morgan fingerprint density at radius 3 is 2.63 bits per heavy atom. The summed E-state index contributed by atoms with van der Waals surface area (Å²) in [5, 5.41) is 6.95. The van der Waals surface area contributed by atoms with Crippen LogP contribution in [0, 0.1) is 0 Å². The van der Waals surface area contributed by atoms with Crippen LogP contribution in [0.1, 0.15) is 37.7 Å². The van der Waals surface area contributed by atoms with Crippen molar-refractivity contribution in [1.82, 2.24) is 15.6 Å². The summed E-state index contributed by atoms with van der Waals surface area (Å²) in [6, 6.07) is 15.0. The van der Waals surface area contributed by atoms with E-state index in [0.29, 0.717) is 18.7 Å². The lowest BCUT2D eigenvalue weighted by Gasteiger charge is -2.20. The third-order valence-electron chi connectivity index (χ3n) is 5.72. The number of rotatable bonds is 6. The topological polar surface area (TPSA) is 61.8 Å². The zero-order chi connectivity index (χ0) is 19.9. The van der Waals surface area contributed by atoms with Crippen molar-refractivity contribution >= 4 is 35.6 Å². The molecule has 4 rings (SSSR count). The summed E-state index contributed by atoms with van der Waals surface area (Å²) < 4.78 is 5.94. The van der Waals surface area contributed by atoms with Gasteiger partial charge in [0.15, 0.2) is 5.96 Å². The number of halogens is 1. The van der Waals surface area contributed by atoms with Crippen molar-refractivity contribution in [1.29, 1.82) is 0 Å². The average molecular weight is 521 g/mol. The van der Waals surface area contributed by atoms with Crippen molar-refractivity contribution in [2.24, 2.45) is 4.99 Å². The highest BCUT2D eigenvalue weighted by Gasteiger charge is 2.23. The molecule has 1 aliphatic heterocycles. The van der Waals surface area contributed by atoms with E-state index in [2.05, 4.69) is 61.9 Å². The Hall–Kier alpha value is -2.03. The van der Waals surface area contributed by atoms with Crippen molar-refractivity contribution < 1.29 is 4.74 Å². The molecule has 2 aromatic rings. The smallest absolute Gasteiger partial charge is 0.213 e. The molecule has 2 heterocycles. The van der Waals surface area contributed by atoms with E-state index < -0.39 is 0 Å². The fourth-order valence-corrected chi connectivity index (χ4v) is 4.09. The number of nitrogens with one attached hydrogen (secondary N) is 2. The highest BCUT2D eigenvalue weighted by molar-refractivity contribution is 14.0. The molecule has 162 valence electrons. The SMILES string of the molecule is CN=C(NCc1ccc(OC2CCCC2)nc1)NC1CCN(c2ccccc2)C1.I. The molecule has 2 aliphatic rings. The van der Waals surface area contributed by atoms with Crippen LogP contribution in [-0.4, -0.2) is 43.2 Å². The van der Waals surface area contributed by atoms with Gasteiger partial charge in [0.25, 0.3) is 0 Å². The normalized spacial score (nSPS) is 19.4. The predicted molar refractivity (Wildman–Crippen MR) is 133 cm³/mol. The molecule has 0 amide bonds. The number of guanidine groups is 1. The van der Waals surface area contributed by atoms with E-state index in [0.717, 1.165) is 49.8 Å². The van der Waals surface area contributed by atoms with Crippen molar-refractivity contribution in [2.75, 3.05) is 25.0 Å². The number of hydrogen-bond donors (Lipinski definition) is 2. The van der Waals surface area contributed by atoms with E-state index in [1.54, 1.807) is 0 Å². The molecule has 1 aromatic carbocycles. The largest absolute Gasteiger partial charge is 0.474 e. The van der Waals surface area contributed by atoms with Gasteiger partial charge in [-0.3, -0.25) is 4.99 Å². The maximum absolute atomic E-state index is 5.94. The predicted octanol–water partition coefficient (Wildman–Crippen LogP) is 3.96. The first kappa shape index (κ1) is 22.7. The Morgan fingerprint density at radius 1 is 1.13 bits per heavy atom. The Bertz CT molecular complexity index is 793. The molecule has 1 unspecified atom stereocenters. The second-order valence-corrected chi connectivity index (χ2v) is 7.87. The number of aromatic nitrogens is 1. The molecular weight excluding hydrogens is 489 g/mol. The van der Waals surface area contributed by atoms with Gasteiger partial charge in [-0.25, -0.2) is 4.98 Å². The molecule has 6 nitrogen and oxygen atoms in total. The fraction of sp³-hybridized carbons (Fsp3) is 0.478. The molecule has 0 bridgehead atoms. The molecule has 30 heavy (non-hydrogen) atoms. The Morgan fingerprint density at radius 2 is 1.93 bits per heavy atom. The van der Waals surface area contributed by atoms with Crippen molar-refractivity contribution in [2.45, 2.75) is 50.8 Å². The summed E-state index contributed by atoms with van der Waals surface area (Å²) in [6.07, 6.45) is 8.16. The van der Waals surface area contributed by atoms with Gasteiger partial charge < -0.3 is 20.3 Å². The summed E-state index contributed by atoms with van der Waals surface area (Å²) in [5.41, 5.74) is 2.40. The minimum atomic E-state index is 0. The summed E-state index contributed by atoms with van der Waals surface area (Å²) >= 11 is 0. The number of ether oxygens (including phenoxy) is 1. The Balaban J connectivity index is 0.00000256. The number of pyridine rings is 1. The highest BCUT2D eigenvalue weighted by atomic mass is 127. The van der Waals surface area contributed by atoms with E-state index in [9.17, 15) is 0 Å². The van der Waals surface area contributed by atoms with Gasteiger partial charge in [0.1, 0.15) is 6.10 Å². The van der Waals surface area contributed by atoms with E-state index >= 15 is 0 Å².